The molecule has 194 valence electrons. The Morgan fingerprint density at radius 2 is 1.86 bits per heavy atom. The number of halogens is 1. The predicted octanol–water partition coefficient (Wildman–Crippen LogP) is 1.44. The fraction of sp³-hybridized carbons (Fsp3) is 0.318. The molecular formula is C22H25FN10O3S. The highest BCUT2D eigenvalue weighted by atomic mass is 32.2. The van der Waals surface area contributed by atoms with Crippen molar-refractivity contribution in [3.8, 4) is 17.4 Å². The molecule has 0 bridgehead atoms. The third-order valence-electron chi connectivity index (χ3n) is 5.92. The Balaban J connectivity index is 1.55. The number of imidazole rings is 1. The number of pyridine rings is 2. The zero-order valence-corrected chi connectivity index (χ0v) is 21.2. The van der Waals surface area contributed by atoms with Gasteiger partial charge in [-0.1, -0.05) is 0 Å². The predicted molar refractivity (Wildman–Crippen MR) is 136 cm³/mol. The number of ether oxygens (including phenoxy) is 1. The lowest BCUT2D eigenvalue weighted by Crippen LogP contribution is -2.48. The van der Waals surface area contributed by atoms with Crippen molar-refractivity contribution in [3.05, 3.63) is 42.2 Å². The van der Waals surface area contributed by atoms with E-state index in [-0.39, 0.29) is 17.7 Å². The molecule has 37 heavy (non-hydrogen) atoms. The molecular weight excluding hydrogens is 503 g/mol. The van der Waals surface area contributed by atoms with Crippen LogP contribution in [0.1, 0.15) is 5.82 Å². The smallest absolute Gasteiger partial charge is 0.250 e. The third kappa shape index (κ3) is 4.95. The van der Waals surface area contributed by atoms with Crippen LogP contribution >= 0.6 is 0 Å². The molecule has 0 amide bonds. The number of aromatic nitrogens is 6. The van der Waals surface area contributed by atoms with Crippen molar-refractivity contribution in [2.24, 2.45) is 0 Å². The monoisotopic (exact) mass is 528 g/mol. The third-order valence-corrected chi connectivity index (χ3v) is 7.23. The summed E-state index contributed by atoms with van der Waals surface area (Å²) in [7, 11) is -1.89. The van der Waals surface area contributed by atoms with E-state index in [0.717, 1.165) is 5.69 Å². The lowest BCUT2D eigenvalue weighted by atomic mass is 10.3. The van der Waals surface area contributed by atoms with Crippen molar-refractivity contribution in [3.63, 3.8) is 0 Å². The van der Waals surface area contributed by atoms with E-state index in [4.69, 9.17) is 15.5 Å². The number of hydrogen-bond donors (Lipinski definition) is 2. The SMILES string of the molecule is COc1ncc(Nc2nc3cc(N4CCN(S(C)(=O)=O)CC4)ccn3c2-c2nc(C)nc(N)n2)cc1F. The van der Waals surface area contributed by atoms with Gasteiger partial charge in [0.1, 0.15) is 17.2 Å². The van der Waals surface area contributed by atoms with Crippen LogP contribution in [0.2, 0.25) is 0 Å². The number of methoxy groups -OCH3 is 1. The number of aryl methyl sites for hydroxylation is 1. The second kappa shape index (κ2) is 9.40. The molecule has 0 unspecified atom stereocenters. The zero-order valence-electron chi connectivity index (χ0n) is 20.4. The van der Waals surface area contributed by atoms with Gasteiger partial charge in [0.25, 0.3) is 0 Å². The molecule has 0 atom stereocenters. The minimum atomic E-state index is -3.23. The molecule has 0 spiro atoms. The number of nitrogen functional groups attached to an aromatic ring is 1. The minimum absolute atomic E-state index is 0.0564. The lowest BCUT2D eigenvalue weighted by Gasteiger charge is -2.34. The lowest BCUT2D eigenvalue weighted by molar-refractivity contribution is 0.369. The van der Waals surface area contributed by atoms with Gasteiger partial charge in [0, 0.05) is 50.2 Å². The van der Waals surface area contributed by atoms with Crippen LogP contribution in [0.25, 0.3) is 17.2 Å². The van der Waals surface area contributed by atoms with E-state index < -0.39 is 15.8 Å². The molecule has 0 aliphatic carbocycles. The van der Waals surface area contributed by atoms with E-state index in [2.05, 4.69) is 30.2 Å². The summed E-state index contributed by atoms with van der Waals surface area (Å²) in [5.41, 5.74) is 8.18. The van der Waals surface area contributed by atoms with Gasteiger partial charge in [-0.15, -0.1) is 0 Å². The summed E-state index contributed by atoms with van der Waals surface area (Å²) in [4.78, 5) is 23.6. The molecule has 3 N–H and O–H groups in total. The number of piperazine rings is 1. The van der Waals surface area contributed by atoms with E-state index in [1.807, 2.05) is 18.3 Å². The minimum Gasteiger partial charge on any atom is -0.479 e. The fourth-order valence-electron chi connectivity index (χ4n) is 4.20. The summed E-state index contributed by atoms with van der Waals surface area (Å²) in [5, 5.41) is 3.09. The van der Waals surface area contributed by atoms with Gasteiger partial charge in [-0.25, -0.2) is 27.8 Å². The van der Waals surface area contributed by atoms with Crippen LogP contribution in [-0.2, 0) is 10.0 Å². The number of fused-ring (bicyclic) bond motifs is 1. The molecule has 4 aromatic heterocycles. The van der Waals surface area contributed by atoms with E-state index in [1.165, 1.54) is 29.9 Å². The summed E-state index contributed by atoms with van der Waals surface area (Å²) < 4.78 is 46.2. The largest absolute Gasteiger partial charge is 0.479 e. The first-order valence-corrected chi connectivity index (χ1v) is 13.1. The van der Waals surface area contributed by atoms with Crippen molar-refractivity contribution >= 4 is 38.8 Å². The highest BCUT2D eigenvalue weighted by molar-refractivity contribution is 7.88. The van der Waals surface area contributed by atoms with Crippen LogP contribution in [0.3, 0.4) is 0 Å². The first kappa shape index (κ1) is 24.6. The molecule has 1 fully saturated rings. The zero-order chi connectivity index (χ0) is 26.3. The van der Waals surface area contributed by atoms with Gasteiger partial charge in [-0.3, -0.25) is 4.40 Å². The molecule has 0 aromatic carbocycles. The number of sulfonamides is 1. The number of rotatable bonds is 6. The van der Waals surface area contributed by atoms with Gasteiger partial charge in [0.2, 0.25) is 21.9 Å². The Labute approximate surface area is 212 Å². The molecule has 13 nitrogen and oxygen atoms in total. The number of hydrogen-bond acceptors (Lipinski definition) is 11. The first-order chi connectivity index (χ1) is 17.6. The number of nitrogens with zero attached hydrogens (tertiary/aromatic N) is 8. The second-order valence-electron chi connectivity index (χ2n) is 8.48. The van der Waals surface area contributed by atoms with Gasteiger partial charge >= 0.3 is 0 Å². The van der Waals surface area contributed by atoms with Crippen molar-refractivity contribution in [1.29, 1.82) is 0 Å². The van der Waals surface area contributed by atoms with E-state index in [9.17, 15) is 12.8 Å². The number of anilines is 4. The highest BCUT2D eigenvalue weighted by Gasteiger charge is 2.25. The van der Waals surface area contributed by atoms with Crippen molar-refractivity contribution in [1.82, 2.24) is 33.6 Å². The topological polar surface area (TPSA) is 157 Å². The average Bonchev–Trinajstić information content (AvgIpc) is 3.20. The van der Waals surface area contributed by atoms with Crippen LogP contribution in [0.15, 0.2) is 30.6 Å². The Bertz CT molecular complexity index is 1570. The average molecular weight is 529 g/mol. The molecule has 1 saturated heterocycles. The van der Waals surface area contributed by atoms with Crippen molar-refractivity contribution in [2.75, 3.05) is 55.5 Å². The van der Waals surface area contributed by atoms with Crippen molar-refractivity contribution in [2.45, 2.75) is 6.92 Å². The standard InChI is InChI=1S/C22H25FN10O3S/c1-13-26-19(30-22(24)27-13)18-20(28-14-10-16(23)21(36-2)25-12-14)29-17-11-15(4-5-33(17)18)31-6-8-32(9-7-31)37(3,34)35/h4-5,10-12,28H,6-9H2,1-3H3,(H2,24,26,27,30). The van der Waals surface area contributed by atoms with Gasteiger partial charge < -0.3 is 20.7 Å². The van der Waals surface area contributed by atoms with Gasteiger partial charge in [-0.05, 0) is 13.0 Å². The normalized spacial score (nSPS) is 14.8. The summed E-state index contributed by atoms with van der Waals surface area (Å²) in [6, 6.07) is 5.04. The number of nitrogens with one attached hydrogen (secondary N) is 1. The summed E-state index contributed by atoms with van der Waals surface area (Å²) in [6.07, 6.45) is 4.47. The van der Waals surface area contributed by atoms with Crippen LogP contribution in [0.4, 0.5) is 27.5 Å². The molecule has 5 rings (SSSR count). The van der Waals surface area contributed by atoms with Gasteiger partial charge in [-0.2, -0.15) is 14.3 Å². The number of nitrogens with two attached hydrogens (primary N) is 1. The van der Waals surface area contributed by atoms with E-state index >= 15 is 0 Å². The first-order valence-electron chi connectivity index (χ1n) is 11.3. The summed E-state index contributed by atoms with van der Waals surface area (Å²) >= 11 is 0. The fourth-order valence-corrected chi connectivity index (χ4v) is 5.03. The maximum Gasteiger partial charge on any atom is 0.250 e. The Kier molecular flexibility index (Phi) is 6.25. The van der Waals surface area contributed by atoms with Crippen LogP contribution in [-0.4, -0.2) is 81.6 Å². The van der Waals surface area contributed by atoms with Crippen LogP contribution < -0.4 is 20.7 Å². The molecule has 1 aliphatic rings. The Morgan fingerprint density at radius 1 is 1.11 bits per heavy atom. The van der Waals surface area contributed by atoms with E-state index in [1.54, 1.807) is 11.3 Å². The maximum atomic E-state index is 14.3. The summed E-state index contributed by atoms with van der Waals surface area (Å²) in [6.45, 7) is 3.59. The van der Waals surface area contributed by atoms with E-state index in [0.29, 0.717) is 54.8 Å². The van der Waals surface area contributed by atoms with Crippen LogP contribution in [0, 0.1) is 12.7 Å². The summed E-state index contributed by atoms with van der Waals surface area (Å²) in [5.74, 6) is 0.379. The molecule has 1 aliphatic heterocycles. The second-order valence-corrected chi connectivity index (χ2v) is 10.5. The molecule has 0 radical (unpaired) electrons. The molecule has 4 aromatic rings. The van der Waals surface area contributed by atoms with Crippen LogP contribution in [0.5, 0.6) is 5.88 Å². The molecule has 0 saturated carbocycles. The molecule has 15 heteroatoms. The Morgan fingerprint density at radius 3 is 2.51 bits per heavy atom. The Hall–Kier alpha value is -4.11. The van der Waals surface area contributed by atoms with Crippen molar-refractivity contribution < 1.29 is 17.5 Å². The molecule has 5 heterocycles. The quantitative estimate of drug-likeness (QED) is 0.373. The van der Waals surface area contributed by atoms with Gasteiger partial charge in [0.15, 0.2) is 17.5 Å². The maximum absolute atomic E-state index is 14.3. The highest BCUT2D eigenvalue weighted by Crippen LogP contribution is 2.32. The van der Waals surface area contributed by atoms with Gasteiger partial charge in [0.05, 0.1) is 25.2 Å².